The van der Waals surface area contributed by atoms with Gasteiger partial charge in [0.1, 0.15) is 16.7 Å². The molecule has 0 aliphatic heterocycles. The highest BCUT2D eigenvalue weighted by Gasteiger charge is 2.24. The fraction of sp³-hybridized carbons (Fsp3) is 0.412. The number of nitrogens with one attached hydrogen (secondary N) is 1. The molecule has 1 fully saturated rings. The number of amides is 1. The zero-order chi connectivity index (χ0) is 17.7. The van der Waals surface area contributed by atoms with Crippen LogP contribution in [-0.2, 0) is 4.79 Å². The Kier molecular flexibility index (Phi) is 5.93. The van der Waals surface area contributed by atoms with Crippen LogP contribution in [0.2, 0.25) is 5.02 Å². The maximum atomic E-state index is 12.3. The maximum Gasteiger partial charge on any atom is 0.288 e. The summed E-state index contributed by atoms with van der Waals surface area (Å²) in [6, 6.07) is 6.08. The molecule has 7 heteroatoms. The van der Waals surface area contributed by atoms with E-state index in [1.807, 2.05) is 6.07 Å². The van der Waals surface area contributed by atoms with E-state index in [4.69, 9.17) is 11.6 Å². The molecule has 2 atom stereocenters. The Morgan fingerprint density at radius 2 is 2.17 bits per heavy atom. The van der Waals surface area contributed by atoms with E-state index in [1.54, 1.807) is 0 Å². The third-order valence-electron chi connectivity index (χ3n) is 4.27. The quantitative estimate of drug-likeness (QED) is 0.387. The molecule has 126 valence electrons. The summed E-state index contributed by atoms with van der Waals surface area (Å²) < 4.78 is 0. The molecule has 1 saturated carbocycles. The summed E-state index contributed by atoms with van der Waals surface area (Å²) in [5.74, 6) is -0.0758. The van der Waals surface area contributed by atoms with Crippen LogP contribution in [0.15, 0.2) is 23.8 Å². The lowest BCUT2D eigenvalue weighted by molar-refractivity contribution is -0.384. The fourth-order valence-corrected chi connectivity index (χ4v) is 3.04. The minimum absolute atomic E-state index is 0.0103. The number of carbonyl (C=O) groups excluding carboxylic acids is 1. The van der Waals surface area contributed by atoms with E-state index in [0.717, 1.165) is 25.7 Å². The monoisotopic (exact) mass is 347 g/mol. The predicted molar refractivity (Wildman–Crippen MR) is 91.3 cm³/mol. The highest BCUT2D eigenvalue weighted by Crippen LogP contribution is 2.26. The van der Waals surface area contributed by atoms with Crippen LogP contribution in [0.4, 0.5) is 5.69 Å². The van der Waals surface area contributed by atoms with Crippen molar-refractivity contribution < 1.29 is 9.72 Å². The highest BCUT2D eigenvalue weighted by molar-refractivity contribution is 6.32. The molecule has 2 rings (SSSR count). The molecule has 0 spiro atoms. The lowest BCUT2D eigenvalue weighted by atomic mass is 9.86. The van der Waals surface area contributed by atoms with Gasteiger partial charge in [-0.3, -0.25) is 14.9 Å². The largest absolute Gasteiger partial charge is 0.348 e. The van der Waals surface area contributed by atoms with Crippen LogP contribution in [0.1, 0.15) is 38.2 Å². The zero-order valence-electron chi connectivity index (χ0n) is 13.3. The van der Waals surface area contributed by atoms with Gasteiger partial charge in [0.05, 0.1) is 4.92 Å². The first-order chi connectivity index (χ1) is 11.4. The second kappa shape index (κ2) is 7.93. The minimum atomic E-state index is -0.602. The molecule has 1 aliphatic carbocycles. The van der Waals surface area contributed by atoms with Crippen LogP contribution >= 0.6 is 11.6 Å². The molecule has 0 heterocycles. The van der Waals surface area contributed by atoms with Gasteiger partial charge in [0.2, 0.25) is 0 Å². The van der Waals surface area contributed by atoms with Gasteiger partial charge in [0.15, 0.2) is 0 Å². The molecule has 0 saturated heterocycles. The number of nitrogens with zero attached hydrogens (tertiary/aromatic N) is 2. The summed E-state index contributed by atoms with van der Waals surface area (Å²) in [5, 5.41) is 23.1. The molecule has 0 bridgehead atoms. The summed E-state index contributed by atoms with van der Waals surface area (Å²) in [5.41, 5.74) is 0.0444. The van der Waals surface area contributed by atoms with Crippen LogP contribution in [0.5, 0.6) is 0 Å². The van der Waals surface area contributed by atoms with Gasteiger partial charge in [0.25, 0.3) is 11.6 Å². The minimum Gasteiger partial charge on any atom is -0.348 e. The molecular formula is C17H18ClN3O3. The summed E-state index contributed by atoms with van der Waals surface area (Å²) in [7, 11) is 0. The van der Waals surface area contributed by atoms with E-state index in [9.17, 15) is 20.2 Å². The Labute approximate surface area is 145 Å². The number of halogens is 1. The van der Waals surface area contributed by atoms with Crippen molar-refractivity contribution in [3.63, 3.8) is 0 Å². The first-order valence-electron chi connectivity index (χ1n) is 7.79. The molecule has 1 aliphatic rings. The Bertz CT molecular complexity index is 724. The molecule has 0 aromatic heterocycles. The number of nitriles is 1. The molecule has 1 aromatic rings. The smallest absolute Gasteiger partial charge is 0.288 e. The number of carbonyl (C=O) groups is 1. The van der Waals surface area contributed by atoms with Gasteiger partial charge < -0.3 is 5.32 Å². The molecule has 1 N–H and O–H groups in total. The van der Waals surface area contributed by atoms with E-state index in [1.165, 1.54) is 24.3 Å². The van der Waals surface area contributed by atoms with Gasteiger partial charge in [-0.1, -0.05) is 37.4 Å². The maximum absolute atomic E-state index is 12.3. The van der Waals surface area contributed by atoms with Crippen LogP contribution in [-0.4, -0.2) is 16.9 Å². The van der Waals surface area contributed by atoms with Crippen LogP contribution < -0.4 is 5.32 Å². The van der Waals surface area contributed by atoms with Crippen molar-refractivity contribution in [3.8, 4) is 6.07 Å². The summed E-state index contributed by atoms with van der Waals surface area (Å²) in [6.07, 6.45) is 5.51. The van der Waals surface area contributed by atoms with Gasteiger partial charge in [-0.15, -0.1) is 0 Å². The van der Waals surface area contributed by atoms with Crippen LogP contribution in [0, 0.1) is 27.4 Å². The Morgan fingerprint density at radius 3 is 2.79 bits per heavy atom. The highest BCUT2D eigenvalue weighted by atomic mass is 35.5. The van der Waals surface area contributed by atoms with Gasteiger partial charge in [-0.2, -0.15) is 5.26 Å². The van der Waals surface area contributed by atoms with Gasteiger partial charge >= 0.3 is 0 Å². The Morgan fingerprint density at radius 1 is 1.46 bits per heavy atom. The van der Waals surface area contributed by atoms with E-state index in [2.05, 4.69) is 12.2 Å². The number of benzene rings is 1. The second-order valence-electron chi connectivity index (χ2n) is 5.98. The Balaban J connectivity index is 2.19. The lowest BCUT2D eigenvalue weighted by Crippen LogP contribution is -2.41. The number of rotatable bonds is 4. The summed E-state index contributed by atoms with van der Waals surface area (Å²) in [6.45, 7) is 2.09. The van der Waals surface area contributed by atoms with Crippen molar-refractivity contribution >= 4 is 29.3 Å². The lowest BCUT2D eigenvalue weighted by Gasteiger charge is -2.29. The number of hydrogen-bond acceptors (Lipinski definition) is 4. The van der Waals surface area contributed by atoms with Crippen LogP contribution in [0.25, 0.3) is 6.08 Å². The van der Waals surface area contributed by atoms with Crippen molar-refractivity contribution in [3.05, 3.63) is 44.5 Å². The third-order valence-corrected chi connectivity index (χ3v) is 4.59. The second-order valence-corrected chi connectivity index (χ2v) is 6.39. The average Bonchev–Trinajstić information content (AvgIpc) is 2.55. The molecular weight excluding hydrogens is 330 g/mol. The summed E-state index contributed by atoms with van der Waals surface area (Å²) >= 11 is 5.76. The van der Waals surface area contributed by atoms with E-state index in [0.29, 0.717) is 11.5 Å². The fourth-order valence-electron chi connectivity index (χ4n) is 2.85. The van der Waals surface area contributed by atoms with Crippen molar-refractivity contribution in [1.29, 1.82) is 5.26 Å². The van der Waals surface area contributed by atoms with Crippen molar-refractivity contribution in [2.24, 2.45) is 5.92 Å². The number of nitro benzene ring substituents is 1. The molecule has 1 aromatic carbocycles. The predicted octanol–water partition coefficient (Wildman–Crippen LogP) is 3.85. The Hall–Kier alpha value is -2.39. The van der Waals surface area contributed by atoms with E-state index < -0.39 is 10.8 Å². The average molecular weight is 348 g/mol. The molecule has 0 radical (unpaired) electrons. The standard InChI is InChI=1S/C17H18ClN3O3/c1-11-4-2-3-5-15(11)20-17(22)13(10-19)8-12-6-7-14(18)16(9-12)21(23)24/h6-9,11,15H,2-5H2,1H3,(H,20,22)/b13-8+/t11-,15+/m0/s1. The van der Waals surface area contributed by atoms with Crippen molar-refractivity contribution in [2.75, 3.05) is 0 Å². The normalized spacial score (nSPS) is 21.0. The number of hydrogen-bond donors (Lipinski definition) is 1. The molecule has 6 nitrogen and oxygen atoms in total. The van der Waals surface area contributed by atoms with Gasteiger partial charge in [-0.05, 0) is 36.5 Å². The molecule has 0 unspecified atom stereocenters. The topological polar surface area (TPSA) is 96.0 Å². The first-order valence-corrected chi connectivity index (χ1v) is 8.16. The SMILES string of the molecule is C[C@H]1CCCC[C@H]1NC(=O)/C(C#N)=C/c1ccc(Cl)c([N+](=O)[O-])c1. The van der Waals surface area contributed by atoms with E-state index >= 15 is 0 Å². The molecule has 1 amide bonds. The van der Waals surface area contributed by atoms with Crippen LogP contribution in [0.3, 0.4) is 0 Å². The summed E-state index contributed by atoms with van der Waals surface area (Å²) in [4.78, 5) is 22.6. The van der Waals surface area contributed by atoms with Gasteiger partial charge in [-0.25, -0.2) is 0 Å². The zero-order valence-corrected chi connectivity index (χ0v) is 14.0. The number of nitro groups is 1. The van der Waals surface area contributed by atoms with E-state index in [-0.39, 0.29) is 22.3 Å². The van der Waals surface area contributed by atoms with Crippen molar-refractivity contribution in [2.45, 2.75) is 38.6 Å². The van der Waals surface area contributed by atoms with Crippen molar-refractivity contribution in [1.82, 2.24) is 5.32 Å². The molecule has 24 heavy (non-hydrogen) atoms. The third kappa shape index (κ3) is 4.33. The van der Waals surface area contributed by atoms with Gasteiger partial charge in [0, 0.05) is 12.1 Å². The first kappa shape index (κ1) is 18.0.